The second-order valence-electron chi connectivity index (χ2n) is 7.16. The Bertz CT molecular complexity index is 1110. The Morgan fingerprint density at radius 1 is 1.00 bits per heavy atom. The smallest absolute Gasteiger partial charge is 0.326 e. The zero-order valence-electron chi connectivity index (χ0n) is 17.4. The lowest BCUT2D eigenvalue weighted by Crippen LogP contribution is -2.43. The SMILES string of the molecule is COc1ccccc1-c1ccc(C[C@H](NC(=O)Cc2ccc([N+](=O)[O-])cc2)C(=O)O)cc1. The molecule has 3 aromatic rings. The molecule has 1 amide bonds. The van der Waals surface area contributed by atoms with Crippen LogP contribution in [0, 0.1) is 10.1 Å². The van der Waals surface area contributed by atoms with E-state index in [4.69, 9.17) is 4.74 Å². The van der Waals surface area contributed by atoms with Crippen LogP contribution in [0.5, 0.6) is 5.75 Å². The molecule has 0 aliphatic carbocycles. The number of benzene rings is 3. The topological polar surface area (TPSA) is 119 Å². The number of rotatable bonds is 9. The molecule has 0 aromatic heterocycles. The summed E-state index contributed by atoms with van der Waals surface area (Å²) in [6, 6.07) is 19.5. The summed E-state index contributed by atoms with van der Waals surface area (Å²) in [4.78, 5) is 34.2. The quantitative estimate of drug-likeness (QED) is 0.392. The average Bonchev–Trinajstić information content (AvgIpc) is 2.79. The molecule has 2 N–H and O–H groups in total. The zero-order chi connectivity index (χ0) is 23.1. The third-order valence-electron chi connectivity index (χ3n) is 4.96. The van der Waals surface area contributed by atoms with Gasteiger partial charge in [0.2, 0.25) is 5.91 Å². The lowest BCUT2D eigenvalue weighted by atomic mass is 10.00. The van der Waals surface area contributed by atoms with Gasteiger partial charge in [-0.2, -0.15) is 0 Å². The fraction of sp³-hybridized carbons (Fsp3) is 0.167. The van der Waals surface area contributed by atoms with Crippen LogP contribution < -0.4 is 10.1 Å². The minimum atomic E-state index is -1.14. The fourth-order valence-corrected chi connectivity index (χ4v) is 3.31. The third-order valence-corrected chi connectivity index (χ3v) is 4.96. The standard InChI is InChI=1S/C24H22N2O6/c1-32-22-5-3-2-4-20(22)18-10-6-16(7-11-18)14-21(24(28)29)25-23(27)15-17-8-12-19(13-9-17)26(30)31/h2-13,21H,14-15H2,1H3,(H,25,27)(H,28,29)/t21-/m0/s1. The molecule has 8 heteroatoms. The number of hydrogen-bond donors (Lipinski definition) is 2. The number of carboxylic acids is 1. The highest BCUT2D eigenvalue weighted by Crippen LogP contribution is 2.29. The predicted octanol–water partition coefficient (Wildman–Crippen LogP) is 3.63. The first-order valence-electron chi connectivity index (χ1n) is 9.85. The summed E-state index contributed by atoms with van der Waals surface area (Å²) in [7, 11) is 1.60. The molecule has 0 aliphatic rings. The van der Waals surface area contributed by atoms with Gasteiger partial charge in [-0.25, -0.2) is 4.79 Å². The zero-order valence-corrected chi connectivity index (χ0v) is 17.4. The van der Waals surface area contributed by atoms with Gasteiger partial charge in [-0.3, -0.25) is 14.9 Å². The number of nitro groups is 1. The van der Waals surface area contributed by atoms with E-state index >= 15 is 0 Å². The Balaban J connectivity index is 1.65. The van der Waals surface area contributed by atoms with E-state index in [0.717, 1.165) is 22.4 Å². The lowest BCUT2D eigenvalue weighted by Gasteiger charge is -2.15. The van der Waals surface area contributed by atoms with Gasteiger partial charge in [-0.05, 0) is 22.8 Å². The molecule has 0 bridgehead atoms. The molecular weight excluding hydrogens is 412 g/mol. The molecule has 0 aliphatic heterocycles. The van der Waals surface area contributed by atoms with Gasteiger partial charge in [0, 0.05) is 24.1 Å². The number of carbonyl (C=O) groups is 2. The molecule has 32 heavy (non-hydrogen) atoms. The molecular formula is C24H22N2O6. The van der Waals surface area contributed by atoms with Crippen molar-refractivity contribution >= 4 is 17.6 Å². The van der Waals surface area contributed by atoms with Crippen LogP contribution in [0.1, 0.15) is 11.1 Å². The van der Waals surface area contributed by atoms with Crippen LogP contribution in [-0.4, -0.2) is 35.1 Å². The summed E-state index contributed by atoms with van der Waals surface area (Å²) < 4.78 is 5.38. The summed E-state index contributed by atoms with van der Waals surface area (Å²) in [5.41, 5.74) is 3.09. The second kappa shape index (κ2) is 10.2. The number of para-hydroxylation sites is 1. The van der Waals surface area contributed by atoms with Crippen molar-refractivity contribution in [2.45, 2.75) is 18.9 Å². The van der Waals surface area contributed by atoms with E-state index in [2.05, 4.69) is 5.32 Å². The minimum absolute atomic E-state index is 0.0749. The van der Waals surface area contributed by atoms with E-state index in [1.54, 1.807) is 7.11 Å². The number of nitrogens with one attached hydrogen (secondary N) is 1. The molecule has 164 valence electrons. The molecule has 0 radical (unpaired) electrons. The Labute approximate surface area is 184 Å². The molecule has 0 heterocycles. The summed E-state index contributed by atoms with van der Waals surface area (Å²) in [5.74, 6) is -0.880. The first-order chi connectivity index (χ1) is 15.4. The van der Waals surface area contributed by atoms with E-state index in [-0.39, 0.29) is 18.5 Å². The number of aliphatic carboxylic acids is 1. The highest BCUT2D eigenvalue weighted by molar-refractivity contribution is 5.85. The van der Waals surface area contributed by atoms with Gasteiger partial charge in [0.25, 0.3) is 5.69 Å². The summed E-state index contributed by atoms with van der Waals surface area (Å²) >= 11 is 0. The number of nitro benzene ring substituents is 1. The van der Waals surface area contributed by atoms with Crippen LogP contribution in [0.25, 0.3) is 11.1 Å². The maximum Gasteiger partial charge on any atom is 0.326 e. The van der Waals surface area contributed by atoms with E-state index in [1.807, 2.05) is 48.5 Å². The third kappa shape index (κ3) is 5.69. The molecule has 0 spiro atoms. The van der Waals surface area contributed by atoms with Gasteiger partial charge in [-0.15, -0.1) is 0 Å². The molecule has 1 atom stereocenters. The van der Waals surface area contributed by atoms with Crippen LogP contribution in [0.3, 0.4) is 0 Å². The molecule has 0 fully saturated rings. The second-order valence-corrected chi connectivity index (χ2v) is 7.16. The Hall–Kier alpha value is -4.20. The van der Waals surface area contributed by atoms with Gasteiger partial charge in [0.1, 0.15) is 11.8 Å². The van der Waals surface area contributed by atoms with E-state index < -0.39 is 22.8 Å². The number of carbonyl (C=O) groups excluding carboxylic acids is 1. The number of non-ortho nitro benzene ring substituents is 1. The maximum atomic E-state index is 12.3. The van der Waals surface area contributed by atoms with Gasteiger partial charge >= 0.3 is 5.97 Å². The van der Waals surface area contributed by atoms with Crippen LogP contribution in [0.15, 0.2) is 72.8 Å². The number of carboxylic acid groups (broad SMARTS) is 1. The minimum Gasteiger partial charge on any atom is -0.496 e. The normalized spacial score (nSPS) is 11.4. The molecule has 8 nitrogen and oxygen atoms in total. The maximum absolute atomic E-state index is 12.3. The van der Waals surface area contributed by atoms with Crippen molar-refractivity contribution in [1.29, 1.82) is 0 Å². The Morgan fingerprint density at radius 3 is 2.22 bits per heavy atom. The van der Waals surface area contributed by atoms with Crippen molar-refractivity contribution in [3.63, 3.8) is 0 Å². The Kier molecular flexibility index (Phi) is 7.17. The van der Waals surface area contributed by atoms with E-state index in [9.17, 15) is 24.8 Å². The summed E-state index contributed by atoms with van der Waals surface area (Å²) in [6.07, 6.45) is 0.0437. The van der Waals surface area contributed by atoms with E-state index in [1.165, 1.54) is 24.3 Å². The predicted molar refractivity (Wildman–Crippen MR) is 119 cm³/mol. The Morgan fingerprint density at radius 2 is 1.62 bits per heavy atom. The average molecular weight is 434 g/mol. The number of ether oxygens (including phenoxy) is 1. The number of amides is 1. The number of methoxy groups -OCH3 is 1. The van der Waals surface area contributed by atoms with Crippen LogP contribution in [0.2, 0.25) is 0 Å². The molecule has 3 rings (SSSR count). The largest absolute Gasteiger partial charge is 0.496 e. The molecule has 0 unspecified atom stereocenters. The van der Waals surface area contributed by atoms with Crippen LogP contribution >= 0.6 is 0 Å². The van der Waals surface area contributed by atoms with Crippen molar-refractivity contribution in [2.24, 2.45) is 0 Å². The van der Waals surface area contributed by atoms with Gasteiger partial charge in [-0.1, -0.05) is 54.6 Å². The van der Waals surface area contributed by atoms with Crippen molar-refractivity contribution in [1.82, 2.24) is 5.32 Å². The van der Waals surface area contributed by atoms with Crippen molar-refractivity contribution in [3.8, 4) is 16.9 Å². The summed E-state index contributed by atoms with van der Waals surface area (Å²) in [5, 5.41) is 22.8. The number of hydrogen-bond acceptors (Lipinski definition) is 5. The van der Waals surface area contributed by atoms with Crippen molar-refractivity contribution in [2.75, 3.05) is 7.11 Å². The van der Waals surface area contributed by atoms with Crippen LogP contribution in [-0.2, 0) is 22.4 Å². The lowest BCUT2D eigenvalue weighted by molar-refractivity contribution is -0.384. The molecule has 0 saturated heterocycles. The molecule has 3 aromatic carbocycles. The monoisotopic (exact) mass is 434 g/mol. The fourth-order valence-electron chi connectivity index (χ4n) is 3.31. The summed E-state index contributed by atoms with van der Waals surface area (Å²) in [6.45, 7) is 0. The first-order valence-corrected chi connectivity index (χ1v) is 9.85. The van der Waals surface area contributed by atoms with Crippen molar-refractivity contribution < 1.29 is 24.4 Å². The molecule has 0 saturated carbocycles. The van der Waals surface area contributed by atoms with E-state index in [0.29, 0.717) is 5.56 Å². The van der Waals surface area contributed by atoms with Gasteiger partial charge < -0.3 is 15.2 Å². The first kappa shape index (κ1) is 22.5. The number of nitrogens with zero attached hydrogens (tertiary/aromatic N) is 1. The highest BCUT2D eigenvalue weighted by Gasteiger charge is 2.21. The van der Waals surface area contributed by atoms with Crippen LogP contribution in [0.4, 0.5) is 5.69 Å². The van der Waals surface area contributed by atoms with Crippen molar-refractivity contribution in [3.05, 3.63) is 94.0 Å². The van der Waals surface area contributed by atoms with Gasteiger partial charge in [0.05, 0.1) is 18.5 Å². The highest BCUT2D eigenvalue weighted by atomic mass is 16.6. The van der Waals surface area contributed by atoms with Gasteiger partial charge in [0.15, 0.2) is 0 Å².